The molecule has 0 aromatic rings. The van der Waals surface area contributed by atoms with E-state index in [9.17, 15) is 8.42 Å². The first-order chi connectivity index (χ1) is 7.09. The van der Waals surface area contributed by atoms with Gasteiger partial charge in [-0.15, -0.1) is 0 Å². The molecule has 0 bridgehead atoms. The predicted octanol–water partition coefficient (Wildman–Crippen LogP) is 2.48. The van der Waals surface area contributed by atoms with E-state index >= 15 is 0 Å². The van der Waals surface area contributed by atoms with E-state index in [-0.39, 0.29) is 11.5 Å². The van der Waals surface area contributed by atoms with Gasteiger partial charge in [-0.2, -0.15) is 4.31 Å². The molecule has 1 fully saturated rings. The minimum absolute atomic E-state index is 0.107. The van der Waals surface area contributed by atoms with Crippen LogP contribution in [-0.4, -0.2) is 31.6 Å². The highest BCUT2D eigenvalue weighted by molar-refractivity contribution is 7.88. The van der Waals surface area contributed by atoms with E-state index < -0.39 is 10.0 Å². The second-order valence-electron chi connectivity index (χ2n) is 6.39. The van der Waals surface area contributed by atoms with Gasteiger partial charge >= 0.3 is 0 Å². The quantitative estimate of drug-likeness (QED) is 0.748. The van der Waals surface area contributed by atoms with Gasteiger partial charge in [-0.25, -0.2) is 8.42 Å². The fourth-order valence-corrected chi connectivity index (χ4v) is 3.40. The average Bonchev–Trinajstić information content (AvgIpc) is 2.76. The highest BCUT2D eigenvalue weighted by atomic mass is 32.2. The Morgan fingerprint density at radius 2 is 1.81 bits per heavy atom. The molecule has 0 aromatic heterocycles. The lowest BCUT2D eigenvalue weighted by atomic mass is 9.88. The van der Waals surface area contributed by atoms with Crippen molar-refractivity contribution in [2.75, 3.05) is 12.8 Å². The third-order valence-electron chi connectivity index (χ3n) is 2.96. The van der Waals surface area contributed by atoms with Crippen LogP contribution in [0.25, 0.3) is 0 Å². The van der Waals surface area contributed by atoms with Crippen molar-refractivity contribution in [3.63, 3.8) is 0 Å². The zero-order chi connectivity index (χ0) is 12.6. The fraction of sp³-hybridized carbons (Fsp3) is 1.00. The van der Waals surface area contributed by atoms with Crippen LogP contribution < -0.4 is 0 Å². The minimum Gasteiger partial charge on any atom is -0.212 e. The van der Waals surface area contributed by atoms with Crippen LogP contribution in [0.5, 0.6) is 0 Å². The summed E-state index contributed by atoms with van der Waals surface area (Å²) in [6.45, 7) is 9.20. The summed E-state index contributed by atoms with van der Waals surface area (Å²) in [4.78, 5) is 0. The van der Waals surface area contributed by atoms with Crippen molar-refractivity contribution in [3.05, 3.63) is 0 Å². The Morgan fingerprint density at radius 1 is 1.31 bits per heavy atom. The van der Waals surface area contributed by atoms with Crippen molar-refractivity contribution in [2.24, 2.45) is 11.3 Å². The molecule has 96 valence electrons. The minimum atomic E-state index is -3.06. The summed E-state index contributed by atoms with van der Waals surface area (Å²) < 4.78 is 25.2. The molecule has 1 saturated carbocycles. The summed E-state index contributed by atoms with van der Waals surface area (Å²) in [6, 6.07) is 0.107. The van der Waals surface area contributed by atoms with Crippen LogP contribution in [-0.2, 0) is 10.0 Å². The van der Waals surface area contributed by atoms with Gasteiger partial charge < -0.3 is 0 Å². The molecule has 1 aliphatic rings. The fourth-order valence-electron chi connectivity index (χ4n) is 2.19. The molecule has 0 saturated heterocycles. The van der Waals surface area contributed by atoms with Crippen molar-refractivity contribution in [2.45, 2.75) is 53.0 Å². The van der Waals surface area contributed by atoms with Crippen LogP contribution >= 0.6 is 0 Å². The van der Waals surface area contributed by atoms with Crippen LogP contribution in [0.15, 0.2) is 0 Å². The molecular formula is C12H25NO2S. The smallest absolute Gasteiger partial charge is 0.211 e. The number of nitrogens with zero attached hydrogens (tertiary/aromatic N) is 1. The maximum Gasteiger partial charge on any atom is 0.211 e. The van der Waals surface area contributed by atoms with Gasteiger partial charge in [-0.05, 0) is 37.5 Å². The van der Waals surface area contributed by atoms with Gasteiger partial charge in [0.1, 0.15) is 0 Å². The van der Waals surface area contributed by atoms with Gasteiger partial charge in [0, 0.05) is 12.6 Å². The molecule has 0 aromatic carbocycles. The lowest BCUT2D eigenvalue weighted by Gasteiger charge is -2.31. The molecule has 0 amide bonds. The van der Waals surface area contributed by atoms with Crippen LogP contribution in [0, 0.1) is 11.3 Å². The summed E-state index contributed by atoms with van der Waals surface area (Å²) in [5, 5.41) is 0. The predicted molar refractivity (Wildman–Crippen MR) is 67.8 cm³/mol. The van der Waals surface area contributed by atoms with Gasteiger partial charge in [0.2, 0.25) is 10.0 Å². The molecule has 0 heterocycles. The van der Waals surface area contributed by atoms with Gasteiger partial charge in [-0.1, -0.05) is 20.8 Å². The summed E-state index contributed by atoms with van der Waals surface area (Å²) in [7, 11) is -3.06. The average molecular weight is 247 g/mol. The van der Waals surface area contributed by atoms with E-state index in [0.29, 0.717) is 5.92 Å². The van der Waals surface area contributed by atoms with Gasteiger partial charge in [0.15, 0.2) is 0 Å². The van der Waals surface area contributed by atoms with E-state index in [1.165, 1.54) is 19.1 Å². The van der Waals surface area contributed by atoms with Crippen molar-refractivity contribution in [1.82, 2.24) is 4.31 Å². The molecule has 0 N–H and O–H groups in total. The third kappa shape index (κ3) is 4.83. The Balaban J connectivity index is 2.67. The Hall–Kier alpha value is -0.0900. The first-order valence-corrected chi connectivity index (χ1v) is 7.91. The second kappa shape index (κ2) is 4.65. The highest BCUT2D eigenvalue weighted by Crippen LogP contribution is 2.33. The molecule has 16 heavy (non-hydrogen) atoms. The standard InChI is InChI=1S/C12H25NO2S/c1-10(8-12(2,3)4)13(16(5,14)15)9-11-6-7-11/h10-11H,6-9H2,1-5H3/t10-/m1/s1. The molecule has 1 rings (SSSR count). The molecule has 1 atom stereocenters. The number of hydrogen-bond acceptors (Lipinski definition) is 2. The third-order valence-corrected chi connectivity index (χ3v) is 4.32. The maximum atomic E-state index is 11.7. The Morgan fingerprint density at radius 3 is 2.12 bits per heavy atom. The zero-order valence-electron chi connectivity index (χ0n) is 11.2. The van der Waals surface area contributed by atoms with Crippen LogP contribution in [0.4, 0.5) is 0 Å². The second-order valence-corrected chi connectivity index (χ2v) is 8.32. The van der Waals surface area contributed by atoms with E-state index in [4.69, 9.17) is 0 Å². The first-order valence-electron chi connectivity index (χ1n) is 6.06. The monoisotopic (exact) mass is 247 g/mol. The van der Waals surface area contributed by atoms with Crippen LogP contribution in [0.3, 0.4) is 0 Å². The van der Waals surface area contributed by atoms with E-state index in [1.54, 1.807) is 4.31 Å². The molecule has 0 aliphatic heterocycles. The van der Waals surface area contributed by atoms with Crippen molar-refractivity contribution in [1.29, 1.82) is 0 Å². The SMILES string of the molecule is C[C@H](CC(C)(C)C)N(CC1CC1)S(C)(=O)=O. The van der Waals surface area contributed by atoms with Crippen molar-refractivity contribution in [3.8, 4) is 0 Å². The Bertz CT molecular complexity index is 325. The van der Waals surface area contributed by atoms with E-state index in [0.717, 1.165) is 13.0 Å². The van der Waals surface area contributed by atoms with Crippen molar-refractivity contribution >= 4 is 10.0 Å². The van der Waals surface area contributed by atoms with Gasteiger partial charge in [-0.3, -0.25) is 0 Å². The molecule has 4 heteroatoms. The maximum absolute atomic E-state index is 11.7. The summed E-state index contributed by atoms with van der Waals surface area (Å²) in [5.41, 5.74) is 0.173. The summed E-state index contributed by atoms with van der Waals surface area (Å²) >= 11 is 0. The normalized spacial score (nSPS) is 20.1. The lowest BCUT2D eigenvalue weighted by Crippen LogP contribution is -2.41. The summed E-state index contributed by atoms with van der Waals surface area (Å²) in [6.07, 6.45) is 4.61. The number of hydrogen-bond donors (Lipinski definition) is 0. The van der Waals surface area contributed by atoms with Crippen LogP contribution in [0.1, 0.15) is 47.0 Å². The summed E-state index contributed by atoms with van der Waals surface area (Å²) in [5.74, 6) is 0.608. The largest absolute Gasteiger partial charge is 0.212 e. The number of rotatable bonds is 5. The van der Waals surface area contributed by atoms with Gasteiger partial charge in [0.25, 0.3) is 0 Å². The first kappa shape index (κ1) is 14.0. The molecule has 0 spiro atoms. The molecular weight excluding hydrogens is 222 g/mol. The molecule has 3 nitrogen and oxygen atoms in total. The molecule has 0 unspecified atom stereocenters. The Labute approximate surface area is 100 Å². The highest BCUT2D eigenvalue weighted by Gasteiger charge is 2.32. The van der Waals surface area contributed by atoms with E-state index in [1.807, 2.05) is 6.92 Å². The van der Waals surface area contributed by atoms with E-state index in [2.05, 4.69) is 20.8 Å². The topological polar surface area (TPSA) is 37.4 Å². The van der Waals surface area contributed by atoms with Gasteiger partial charge in [0.05, 0.1) is 6.26 Å². The van der Waals surface area contributed by atoms with Crippen molar-refractivity contribution < 1.29 is 8.42 Å². The molecule has 1 aliphatic carbocycles. The lowest BCUT2D eigenvalue weighted by molar-refractivity contribution is 0.240. The number of sulfonamides is 1. The zero-order valence-corrected chi connectivity index (χ0v) is 12.0. The molecule has 0 radical (unpaired) electrons. The Kier molecular flexibility index (Phi) is 4.06. The van der Waals surface area contributed by atoms with Crippen LogP contribution in [0.2, 0.25) is 0 Å².